The molecule has 152 valence electrons. The molecule has 1 unspecified atom stereocenters. The van der Waals surface area contributed by atoms with E-state index < -0.39 is 0 Å². The van der Waals surface area contributed by atoms with E-state index in [0.29, 0.717) is 40.6 Å². The molecule has 0 bridgehead atoms. The molecule has 1 aliphatic rings. The third-order valence-electron chi connectivity index (χ3n) is 5.76. The van der Waals surface area contributed by atoms with Crippen LogP contribution in [0.2, 0.25) is 0 Å². The van der Waals surface area contributed by atoms with Crippen molar-refractivity contribution in [1.29, 1.82) is 0 Å². The number of nitrogens with one attached hydrogen (secondary N) is 1. The number of aromatic hydroxyl groups is 1. The standard InChI is InChI=1S/C23H25NO5/c1-15-7-5-6-12-24(15)13-17-18(25)11-10-16-22(26)21(14-28-23(16)17)29-20-9-4-3-8-19(20)27-2/h3-4,8-11,14-15,25H,5-7,12-13H2,1-2H3/p+1/t15-/m0/s1. The molecule has 4 rings (SSSR count). The number of phenolic OH excluding ortho intramolecular Hbond substituents is 1. The van der Waals surface area contributed by atoms with Gasteiger partial charge in [-0.3, -0.25) is 4.79 Å². The Labute approximate surface area is 169 Å². The molecular weight excluding hydrogens is 370 g/mol. The number of rotatable bonds is 5. The molecule has 0 amide bonds. The number of para-hydroxylation sites is 2. The predicted octanol–water partition coefficient (Wildman–Crippen LogP) is 3.26. The second-order valence-corrected chi connectivity index (χ2v) is 7.60. The zero-order valence-corrected chi connectivity index (χ0v) is 16.7. The van der Waals surface area contributed by atoms with Crippen molar-refractivity contribution in [2.75, 3.05) is 13.7 Å². The predicted molar refractivity (Wildman–Crippen MR) is 110 cm³/mol. The van der Waals surface area contributed by atoms with Crippen molar-refractivity contribution in [3.63, 3.8) is 0 Å². The van der Waals surface area contributed by atoms with Gasteiger partial charge in [0, 0.05) is 0 Å². The molecule has 2 N–H and O–H groups in total. The Balaban J connectivity index is 1.72. The lowest BCUT2D eigenvalue weighted by Gasteiger charge is -2.30. The summed E-state index contributed by atoms with van der Waals surface area (Å²) in [6.45, 7) is 3.91. The van der Waals surface area contributed by atoms with Crippen molar-refractivity contribution in [3.8, 4) is 23.0 Å². The minimum Gasteiger partial charge on any atom is -0.507 e. The van der Waals surface area contributed by atoms with Crippen molar-refractivity contribution < 1.29 is 23.9 Å². The first-order valence-electron chi connectivity index (χ1n) is 10.00. The molecule has 0 spiro atoms. The number of hydrogen-bond donors (Lipinski definition) is 2. The number of benzene rings is 2. The maximum absolute atomic E-state index is 13.0. The van der Waals surface area contributed by atoms with Crippen LogP contribution in [0.4, 0.5) is 0 Å². The number of methoxy groups -OCH3 is 1. The van der Waals surface area contributed by atoms with Crippen LogP contribution in [0.3, 0.4) is 0 Å². The van der Waals surface area contributed by atoms with Gasteiger partial charge in [-0.1, -0.05) is 12.1 Å². The Morgan fingerprint density at radius 2 is 1.93 bits per heavy atom. The first-order valence-corrected chi connectivity index (χ1v) is 10.00. The molecule has 0 aliphatic carbocycles. The van der Waals surface area contributed by atoms with Crippen LogP contribution in [0, 0.1) is 0 Å². The highest BCUT2D eigenvalue weighted by atomic mass is 16.5. The largest absolute Gasteiger partial charge is 0.507 e. The second kappa shape index (κ2) is 8.17. The van der Waals surface area contributed by atoms with Gasteiger partial charge in [-0.15, -0.1) is 0 Å². The van der Waals surface area contributed by atoms with Gasteiger partial charge in [0.25, 0.3) is 0 Å². The summed E-state index contributed by atoms with van der Waals surface area (Å²) in [5.74, 6) is 1.20. The summed E-state index contributed by atoms with van der Waals surface area (Å²) in [7, 11) is 1.55. The summed E-state index contributed by atoms with van der Waals surface area (Å²) in [5, 5.41) is 10.9. The molecule has 2 aromatic carbocycles. The third-order valence-corrected chi connectivity index (χ3v) is 5.76. The summed E-state index contributed by atoms with van der Waals surface area (Å²) < 4.78 is 16.9. The van der Waals surface area contributed by atoms with Crippen molar-refractivity contribution in [3.05, 3.63) is 58.4 Å². The summed E-state index contributed by atoms with van der Waals surface area (Å²) in [6.07, 6.45) is 4.90. The topological polar surface area (TPSA) is 73.3 Å². The maximum atomic E-state index is 13.0. The van der Waals surface area contributed by atoms with Crippen LogP contribution in [-0.4, -0.2) is 24.8 Å². The maximum Gasteiger partial charge on any atom is 0.235 e. The minimum atomic E-state index is -0.278. The smallest absolute Gasteiger partial charge is 0.235 e. The van der Waals surface area contributed by atoms with Gasteiger partial charge in [0.2, 0.25) is 11.2 Å². The summed E-state index contributed by atoms with van der Waals surface area (Å²) in [4.78, 5) is 14.4. The number of hydrogen-bond acceptors (Lipinski definition) is 5. The summed E-state index contributed by atoms with van der Waals surface area (Å²) in [6, 6.07) is 10.8. The quantitative estimate of drug-likeness (QED) is 0.693. The Morgan fingerprint density at radius 1 is 1.14 bits per heavy atom. The van der Waals surface area contributed by atoms with E-state index in [1.54, 1.807) is 37.4 Å². The van der Waals surface area contributed by atoms with Gasteiger partial charge in [0.1, 0.15) is 18.6 Å². The Kier molecular flexibility index (Phi) is 5.45. The zero-order valence-electron chi connectivity index (χ0n) is 16.7. The van der Waals surface area contributed by atoms with E-state index >= 15 is 0 Å². The monoisotopic (exact) mass is 396 g/mol. The molecule has 1 aliphatic heterocycles. The highest BCUT2D eigenvalue weighted by Gasteiger charge is 2.25. The van der Waals surface area contributed by atoms with E-state index in [9.17, 15) is 9.90 Å². The normalized spacial score (nSPS) is 19.2. The first kappa shape index (κ1) is 19.3. The van der Waals surface area contributed by atoms with E-state index in [-0.39, 0.29) is 16.9 Å². The highest BCUT2D eigenvalue weighted by molar-refractivity contribution is 5.82. The van der Waals surface area contributed by atoms with Gasteiger partial charge in [-0.25, -0.2) is 0 Å². The van der Waals surface area contributed by atoms with Crippen LogP contribution in [0.5, 0.6) is 23.0 Å². The molecular formula is C23H26NO5+. The molecule has 2 heterocycles. The molecule has 6 nitrogen and oxygen atoms in total. The molecule has 3 aromatic rings. The van der Waals surface area contributed by atoms with E-state index in [4.69, 9.17) is 13.9 Å². The first-order chi connectivity index (χ1) is 14.1. The van der Waals surface area contributed by atoms with E-state index in [1.807, 2.05) is 6.07 Å². The number of ether oxygens (including phenoxy) is 2. The highest BCUT2D eigenvalue weighted by Crippen LogP contribution is 2.32. The lowest BCUT2D eigenvalue weighted by atomic mass is 10.0. The number of quaternary nitrogens is 1. The number of piperidine rings is 1. The number of fused-ring (bicyclic) bond motifs is 1. The van der Waals surface area contributed by atoms with Crippen LogP contribution in [0.15, 0.2) is 51.9 Å². The lowest BCUT2D eigenvalue weighted by Crippen LogP contribution is -3.14. The van der Waals surface area contributed by atoms with Crippen molar-refractivity contribution in [2.24, 2.45) is 0 Å². The Hall–Kier alpha value is -2.99. The molecule has 1 fully saturated rings. The Morgan fingerprint density at radius 3 is 2.69 bits per heavy atom. The van der Waals surface area contributed by atoms with E-state index in [1.165, 1.54) is 30.4 Å². The average Bonchev–Trinajstić information content (AvgIpc) is 2.74. The van der Waals surface area contributed by atoms with Gasteiger partial charge in [0.05, 0.1) is 30.6 Å². The molecule has 1 saturated heterocycles. The van der Waals surface area contributed by atoms with Gasteiger partial charge in [-0.05, 0) is 50.5 Å². The molecule has 0 radical (unpaired) electrons. The van der Waals surface area contributed by atoms with Gasteiger partial charge in [0.15, 0.2) is 17.1 Å². The third kappa shape index (κ3) is 3.80. The molecule has 6 heteroatoms. The van der Waals surface area contributed by atoms with Crippen LogP contribution < -0.4 is 19.8 Å². The molecule has 2 atom stereocenters. The number of likely N-dealkylation sites (tertiary alicyclic amines) is 1. The fourth-order valence-corrected chi connectivity index (χ4v) is 4.04. The van der Waals surface area contributed by atoms with Gasteiger partial charge in [-0.2, -0.15) is 0 Å². The molecule has 29 heavy (non-hydrogen) atoms. The molecule has 0 saturated carbocycles. The lowest BCUT2D eigenvalue weighted by molar-refractivity contribution is -0.941. The second-order valence-electron chi connectivity index (χ2n) is 7.60. The van der Waals surface area contributed by atoms with Crippen molar-refractivity contribution in [2.45, 2.75) is 38.8 Å². The average molecular weight is 396 g/mol. The van der Waals surface area contributed by atoms with E-state index in [2.05, 4.69) is 6.92 Å². The SMILES string of the molecule is COc1ccccc1Oc1coc2c(C[NH+]3CCCC[C@@H]3C)c(O)ccc2c1=O. The fourth-order valence-electron chi connectivity index (χ4n) is 4.04. The molecule has 1 aromatic heterocycles. The van der Waals surface area contributed by atoms with Crippen LogP contribution in [0.1, 0.15) is 31.7 Å². The fraction of sp³-hybridized carbons (Fsp3) is 0.348. The summed E-state index contributed by atoms with van der Waals surface area (Å²) >= 11 is 0. The number of phenols is 1. The van der Waals surface area contributed by atoms with Gasteiger partial charge >= 0.3 is 0 Å². The van der Waals surface area contributed by atoms with Crippen molar-refractivity contribution in [1.82, 2.24) is 0 Å². The van der Waals surface area contributed by atoms with Crippen LogP contribution in [-0.2, 0) is 6.54 Å². The van der Waals surface area contributed by atoms with E-state index in [0.717, 1.165) is 6.54 Å². The van der Waals surface area contributed by atoms with Crippen LogP contribution >= 0.6 is 0 Å². The zero-order chi connectivity index (χ0) is 20.4. The van der Waals surface area contributed by atoms with Gasteiger partial charge < -0.3 is 23.9 Å². The summed E-state index contributed by atoms with van der Waals surface area (Å²) in [5.41, 5.74) is 0.819. The van der Waals surface area contributed by atoms with Crippen LogP contribution in [0.25, 0.3) is 11.0 Å². The Bertz CT molecular complexity index is 1070. The minimum absolute atomic E-state index is 0.0809. The van der Waals surface area contributed by atoms with Crippen molar-refractivity contribution >= 4 is 11.0 Å².